The lowest BCUT2D eigenvalue weighted by molar-refractivity contribution is 0.600. The van der Waals surface area contributed by atoms with Gasteiger partial charge in [-0.1, -0.05) is 18.2 Å². The first-order valence-corrected chi connectivity index (χ1v) is 8.51. The molecule has 1 fully saturated rings. The monoisotopic (exact) mass is 265 g/mol. The summed E-state index contributed by atoms with van der Waals surface area (Å²) in [5, 5.41) is 4.55. The first-order chi connectivity index (χ1) is 8.43. The minimum absolute atomic E-state index is 0.725. The standard InChI is InChI=1S/C14H19NS2/c1-2-6-14-13(5-1)11(10-17-14)8-15-9-12-4-3-7-16-12/h1-2,5-6,11-12,15H,3-4,7-10H2. The van der Waals surface area contributed by atoms with Crippen molar-refractivity contribution >= 4 is 23.5 Å². The van der Waals surface area contributed by atoms with Crippen LogP contribution in [0.3, 0.4) is 0 Å². The third-order valence-corrected chi connectivity index (χ3v) is 6.24. The lowest BCUT2D eigenvalue weighted by atomic mass is 10.0. The van der Waals surface area contributed by atoms with Crippen LogP contribution >= 0.6 is 23.5 Å². The van der Waals surface area contributed by atoms with E-state index in [1.54, 1.807) is 5.56 Å². The van der Waals surface area contributed by atoms with Gasteiger partial charge in [-0.2, -0.15) is 11.8 Å². The summed E-state index contributed by atoms with van der Waals surface area (Å²) >= 11 is 4.16. The van der Waals surface area contributed by atoms with Crippen LogP contribution in [0.2, 0.25) is 0 Å². The maximum absolute atomic E-state index is 3.68. The molecule has 1 aromatic carbocycles. The molecule has 1 aromatic rings. The summed E-state index contributed by atoms with van der Waals surface area (Å²) in [5.74, 6) is 3.35. The Morgan fingerprint density at radius 3 is 3.06 bits per heavy atom. The van der Waals surface area contributed by atoms with E-state index in [0.717, 1.165) is 17.7 Å². The molecule has 2 unspecified atom stereocenters. The zero-order valence-electron chi connectivity index (χ0n) is 10.0. The van der Waals surface area contributed by atoms with Crippen molar-refractivity contribution in [3.8, 4) is 0 Å². The molecule has 1 N–H and O–H groups in total. The Labute approximate surface area is 112 Å². The molecule has 92 valence electrons. The molecule has 17 heavy (non-hydrogen) atoms. The van der Waals surface area contributed by atoms with Gasteiger partial charge >= 0.3 is 0 Å². The lowest BCUT2D eigenvalue weighted by Gasteiger charge is -2.14. The van der Waals surface area contributed by atoms with Crippen molar-refractivity contribution in [3.05, 3.63) is 29.8 Å². The van der Waals surface area contributed by atoms with Crippen molar-refractivity contribution < 1.29 is 0 Å². The number of nitrogens with one attached hydrogen (secondary N) is 1. The molecule has 0 radical (unpaired) electrons. The molecule has 0 spiro atoms. The fourth-order valence-corrected chi connectivity index (χ4v) is 5.11. The van der Waals surface area contributed by atoms with Gasteiger partial charge in [-0.05, 0) is 30.2 Å². The fourth-order valence-electron chi connectivity index (χ4n) is 2.62. The van der Waals surface area contributed by atoms with Gasteiger partial charge in [0, 0.05) is 34.9 Å². The summed E-state index contributed by atoms with van der Waals surface area (Å²) in [7, 11) is 0. The molecule has 2 aliphatic rings. The Morgan fingerprint density at radius 1 is 1.24 bits per heavy atom. The van der Waals surface area contributed by atoms with Crippen LogP contribution in [0.5, 0.6) is 0 Å². The summed E-state index contributed by atoms with van der Waals surface area (Å²) in [6, 6.07) is 8.88. The van der Waals surface area contributed by atoms with Crippen LogP contribution in [0.4, 0.5) is 0 Å². The first kappa shape index (κ1) is 11.9. The average Bonchev–Trinajstić information content (AvgIpc) is 2.99. The predicted octanol–water partition coefficient (Wildman–Crippen LogP) is 3.36. The molecule has 0 aromatic heterocycles. The van der Waals surface area contributed by atoms with E-state index in [1.165, 1.54) is 35.8 Å². The zero-order chi connectivity index (χ0) is 11.5. The largest absolute Gasteiger partial charge is 0.315 e. The third kappa shape index (κ3) is 2.83. The van der Waals surface area contributed by atoms with Gasteiger partial charge in [0.2, 0.25) is 0 Å². The van der Waals surface area contributed by atoms with Gasteiger partial charge < -0.3 is 5.32 Å². The highest BCUT2D eigenvalue weighted by Gasteiger charge is 2.22. The molecular formula is C14H19NS2. The first-order valence-electron chi connectivity index (χ1n) is 6.47. The fraction of sp³-hybridized carbons (Fsp3) is 0.571. The van der Waals surface area contributed by atoms with E-state index in [1.807, 2.05) is 11.8 Å². The van der Waals surface area contributed by atoms with Crippen molar-refractivity contribution in [3.63, 3.8) is 0 Å². The minimum Gasteiger partial charge on any atom is -0.315 e. The average molecular weight is 265 g/mol. The molecule has 3 rings (SSSR count). The molecule has 1 saturated heterocycles. The highest BCUT2D eigenvalue weighted by Crippen LogP contribution is 2.38. The van der Waals surface area contributed by atoms with Gasteiger partial charge in [0.1, 0.15) is 0 Å². The summed E-state index contributed by atoms with van der Waals surface area (Å²) in [5.41, 5.74) is 1.56. The van der Waals surface area contributed by atoms with Crippen LogP contribution < -0.4 is 5.32 Å². The van der Waals surface area contributed by atoms with E-state index in [9.17, 15) is 0 Å². The maximum atomic E-state index is 3.68. The topological polar surface area (TPSA) is 12.0 Å². The number of rotatable bonds is 4. The molecule has 1 nitrogen and oxygen atoms in total. The number of hydrogen-bond acceptors (Lipinski definition) is 3. The van der Waals surface area contributed by atoms with Gasteiger partial charge in [0.25, 0.3) is 0 Å². The second-order valence-electron chi connectivity index (χ2n) is 4.84. The highest BCUT2D eigenvalue weighted by atomic mass is 32.2. The predicted molar refractivity (Wildman–Crippen MR) is 78.3 cm³/mol. The maximum Gasteiger partial charge on any atom is 0.0172 e. The number of fused-ring (bicyclic) bond motifs is 1. The highest BCUT2D eigenvalue weighted by molar-refractivity contribution is 8.00. The Morgan fingerprint density at radius 2 is 2.18 bits per heavy atom. The quantitative estimate of drug-likeness (QED) is 0.896. The minimum atomic E-state index is 0.725. The van der Waals surface area contributed by atoms with E-state index in [-0.39, 0.29) is 0 Å². The van der Waals surface area contributed by atoms with Crippen LogP contribution in [0, 0.1) is 0 Å². The molecule has 3 heteroatoms. The third-order valence-electron chi connectivity index (χ3n) is 3.59. The van der Waals surface area contributed by atoms with Crippen LogP contribution in [-0.2, 0) is 0 Å². The van der Waals surface area contributed by atoms with Gasteiger partial charge in [0.15, 0.2) is 0 Å². The Balaban J connectivity index is 1.50. The molecule has 0 bridgehead atoms. The summed E-state index contributed by atoms with van der Waals surface area (Å²) in [6.07, 6.45) is 2.83. The van der Waals surface area contributed by atoms with E-state index in [4.69, 9.17) is 0 Å². The van der Waals surface area contributed by atoms with Gasteiger partial charge in [-0.3, -0.25) is 0 Å². The summed E-state index contributed by atoms with van der Waals surface area (Å²) in [6.45, 7) is 2.36. The Kier molecular flexibility index (Phi) is 3.99. The van der Waals surface area contributed by atoms with Gasteiger partial charge in [0.05, 0.1) is 0 Å². The van der Waals surface area contributed by atoms with E-state index < -0.39 is 0 Å². The molecule has 2 atom stereocenters. The molecule has 0 saturated carbocycles. The molecule has 2 aliphatic heterocycles. The van der Waals surface area contributed by atoms with Crippen molar-refractivity contribution in [2.45, 2.75) is 28.9 Å². The van der Waals surface area contributed by atoms with Gasteiger partial charge in [-0.15, -0.1) is 11.8 Å². The van der Waals surface area contributed by atoms with Crippen LogP contribution in [0.15, 0.2) is 29.2 Å². The van der Waals surface area contributed by atoms with E-state index >= 15 is 0 Å². The number of thioether (sulfide) groups is 2. The van der Waals surface area contributed by atoms with Crippen molar-refractivity contribution in [2.24, 2.45) is 0 Å². The zero-order valence-corrected chi connectivity index (χ0v) is 11.7. The second kappa shape index (κ2) is 5.68. The molecule has 2 heterocycles. The number of hydrogen-bond donors (Lipinski definition) is 1. The Bertz CT molecular complexity index is 374. The SMILES string of the molecule is c1ccc2c(c1)SCC2CNCC1CCCS1. The number of benzene rings is 1. The second-order valence-corrected chi connectivity index (χ2v) is 7.31. The van der Waals surface area contributed by atoms with Crippen LogP contribution in [0.25, 0.3) is 0 Å². The van der Waals surface area contributed by atoms with Crippen LogP contribution in [-0.4, -0.2) is 29.8 Å². The van der Waals surface area contributed by atoms with Crippen molar-refractivity contribution in [1.29, 1.82) is 0 Å². The molecule has 0 amide bonds. The van der Waals surface area contributed by atoms with E-state index in [2.05, 4.69) is 41.3 Å². The smallest absolute Gasteiger partial charge is 0.0172 e. The van der Waals surface area contributed by atoms with E-state index in [0.29, 0.717) is 0 Å². The van der Waals surface area contributed by atoms with Gasteiger partial charge in [-0.25, -0.2) is 0 Å². The van der Waals surface area contributed by atoms with Crippen molar-refractivity contribution in [1.82, 2.24) is 5.32 Å². The summed E-state index contributed by atoms with van der Waals surface area (Å²) < 4.78 is 0. The molecular weight excluding hydrogens is 246 g/mol. The Hall–Kier alpha value is -0.120. The molecule has 0 aliphatic carbocycles. The normalized spacial score (nSPS) is 27.3. The van der Waals surface area contributed by atoms with Crippen molar-refractivity contribution in [2.75, 3.05) is 24.6 Å². The van der Waals surface area contributed by atoms with Crippen LogP contribution in [0.1, 0.15) is 24.3 Å². The summed E-state index contributed by atoms with van der Waals surface area (Å²) in [4.78, 5) is 1.49. The lowest BCUT2D eigenvalue weighted by Crippen LogP contribution is -2.27.